The fourth-order valence-corrected chi connectivity index (χ4v) is 1.64. The molecular formula is C12H12O3. The van der Waals surface area contributed by atoms with Gasteiger partial charge in [0.05, 0.1) is 0 Å². The Balaban J connectivity index is 2.44. The molecule has 0 fully saturated rings. The molecule has 1 unspecified atom stereocenters. The Morgan fingerprint density at radius 1 is 1.27 bits per heavy atom. The Bertz CT molecular complexity index is 408. The van der Waals surface area contributed by atoms with Crippen molar-refractivity contribution in [3.63, 3.8) is 0 Å². The van der Waals surface area contributed by atoms with Gasteiger partial charge in [-0.1, -0.05) is 30.3 Å². The average molecular weight is 204 g/mol. The molecule has 0 saturated carbocycles. The van der Waals surface area contributed by atoms with Crippen LogP contribution < -0.4 is 0 Å². The topological polar surface area (TPSA) is 35.5 Å². The standard InChI is InChI=1S/C12H12O3/c1-12(14-2)10(8-11(13)15-12)9-6-4-3-5-7-9/h3-8H,1-2H3. The van der Waals surface area contributed by atoms with E-state index in [0.717, 1.165) is 11.1 Å². The number of methoxy groups -OCH3 is 1. The van der Waals surface area contributed by atoms with Gasteiger partial charge in [-0.05, 0) is 5.56 Å². The minimum atomic E-state index is -0.960. The molecule has 1 aliphatic rings. The Labute approximate surface area is 88.3 Å². The van der Waals surface area contributed by atoms with Gasteiger partial charge in [-0.25, -0.2) is 4.79 Å². The van der Waals surface area contributed by atoms with Crippen LogP contribution in [0.3, 0.4) is 0 Å². The fraction of sp³-hybridized carbons (Fsp3) is 0.250. The van der Waals surface area contributed by atoms with E-state index in [1.165, 1.54) is 13.2 Å². The molecule has 1 aliphatic heterocycles. The number of esters is 1. The van der Waals surface area contributed by atoms with Gasteiger partial charge in [0.15, 0.2) is 0 Å². The Morgan fingerprint density at radius 3 is 2.53 bits per heavy atom. The van der Waals surface area contributed by atoms with E-state index in [2.05, 4.69) is 0 Å². The first-order valence-corrected chi connectivity index (χ1v) is 4.71. The van der Waals surface area contributed by atoms with Gasteiger partial charge >= 0.3 is 5.97 Å². The van der Waals surface area contributed by atoms with Gasteiger partial charge in [0.25, 0.3) is 0 Å². The molecule has 2 rings (SSSR count). The second-order valence-corrected chi connectivity index (χ2v) is 3.49. The van der Waals surface area contributed by atoms with Crippen LogP contribution in [0.5, 0.6) is 0 Å². The van der Waals surface area contributed by atoms with Crippen molar-refractivity contribution >= 4 is 11.5 Å². The van der Waals surface area contributed by atoms with Crippen molar-refractivity contribution in [1.29, 1.82) is 0 Å². The molecular weight excluding hydrogens is 192 g/mol. The van der Waals surface area contributed by atoms with E-state index in [1.54, 1.807) is 6.92 Å². The zero-order chi connectivity index (χ0) is 10.9. The highest BCUT2D eigenvalue weighted by molar-refractivity contribution is 5.98. The third-order valence-corrected chi connectivity index (χ3v) is 2.52. The molecule has 0 radical (unpaired) electrons. The first-order valence-electron chi connectivity index (χ1n) is 4.71. The summed E-state index contributed by atoms with van der Waals surface area (Å²) in [4.78, 5) is 11.2. The van der Waals surface area contributed by atoms with E-state index in [0.29, 0.717) is 0 Å². The van der Waals surface area contributed by atoms with Crippen molar-refractivity contribution in [3.05, 3.63) is 42.0 Å². The highest BCUT2D eigenvalue weighted by Gasteiger charge is 2.39. The van der Waals surface area contributed by atoms with Gasteiger partial charge in [0.2, 0.25) is 5.79 Å². The first kappa shape index (κ1) is 9.93. The summed E-state index contributed by atoms with van der Waals surface area (Å²) in [5, 5.41) is 0. The van der Waals surface area contributed by atoms with Gasteiger partial charge < -0.3 is 9.47 Å². The Hall–Kier alpha value is -1.61. The van der Waals surface area contributed by atoms with Gasteiger partial charge in [0, 0.05) is 25.7 Å². The molecule has 0 bridgehead atoms. The number of ether oxygens (including phenoxy) is 2. The third-order valence-electron chi connectivity index (χ3n) is 2.52. The molecule has 0 aromatic heterocycles. The van der Waals surface area contributed by atoms with Crippen molar-refractivity contribution < 1.29 is 14.3 Å². The lowest BCUT2D eigenvalue weighted by atomic mass is 10.00. The first-order chi connectivity index (χ1) is 7.15. The van der Waals surface area contributed by atoms with Crippen LogP contribution in [0.1, 0.15) is 12.5 Å². The van der Waals surface area contributed by atoms with Crippen LogP contribution in [0.15, 0.2) is 36.4 Å². The summed E-state index contributed by atoms with van der Waals surface area (Å²) in [6.45, 7) is 1.73. The van der Waals surface area contributed by atoms with E-state index in [4.69, 9.17) is 9.47 Å². The van der Waals surface area contributed by atoms with Crippen molar-refractivity contribution in [2.75, 3.05) is 7.11 Å². The molecule has 0 saturated heterocycles. The fourth-order valence-electron chi connectivity index (χ4n) is 1.64. The van der Waals surface area contributed by atoms with Crippen LogP contribution in [0, 0.1) is 0 Å². The van der Waals surface area contributed by atoms with Gasteiger partial charge in [-0.2, -0.15) is 0 Å². The maximum absolute atomic E-state index is 11.2. The number of hydrogen-bond acceptors (Lipinski definition) is 3. The highest BCUT2D eigenvalue weighted by Crippen LogP contribution is 2.35. The summed E-state index contributed by atoms with van der Waals surface area (Å²) >= 11 is 0. The zero-order valence-electron chi connectivity index (χ0n) is 8.69. The van der Waals surface area contributed by atoms with E-state index in [-0.39, 0.29) is 5.97 Å². The number of carbonyl (C=O) groups is 1. The van der Waals surface area contributed by atoms with E-state index < -0.39 is 5.79 Å². The zero-order valence-corrected chi connectivity index (χ0v) is 8.69. The molecule has 1 atom stereocenters. The van der Waals surface area contributed by atoms with Gasteiger partial charge in [0.1, 0.15) is 0 Å². The maximum Gasteiger partial charge on any atom is 0.334 e. The third kappa shape index (κ3) is 1.66. The molecule has 1 heterocycles. The molecule has 78 valence electrons. The molecule has 0 aliphatic carbocycles. The summed E-state index contributed by atoms with van der Waals surface area (Å²) in [5.74, 6) is -1.32. The molecule has 3 nitrogen and oxygen atoms in total. The Morgan fingerprint density at radius 2 is 1.93 bits per heavy atom. The molecule has 3 heteroatoms. The second kappa shape index (κ2) is 3.51. The number of rotatable bonds is 2. The minimum Gasteiger partial charge on any atom is -0.426 e. The predicted molar refractivity (Wildman–Crippen MR) is 55.9 cm³/mol. The normalized spacial score (nSPS) is 24.9. The molecule has 1 aromatic rings. The monoisotopic (exact) mass is 204 g/mol. The minimum absolute atomic E-state index is 0.363. The lowest BCUT2D eigenvalue weighted by Gasteiger charge is -2.24. The lowest BCUT2D eigenvalue weighted by molar-refractivity contribution is -0.178. The average Bonchev–Trinajstić information content (AvgIpc) is 2.56. The SMILES string of the molecule is COC1(C)OC(=O)C=C1c1ccccc1. The summed E-state index contributed by atoms with van der Waals surface area (Å²) in [6, 6.07) is 9.59. The van der Waals surface area contributed by atoms with E-state index in [9.17, 15) is 4.79 Å². The molecule has 1 aromatic carbocycles. The maximum atomic E-state index is 11.2. The second-order valence-electron chi connectivity index (χ2n) is 3.49. The van der Waals surface area contributed by atoms with E-state index >= 15 is 0 Å². The number of benzene rings is 1. The van der Waals surface area contributed by atoms with Crippen LogP contribution in [-0.4, -0.2) is 18.9 Å². The summed E-state index contributed by atoms with van der Waals surface area (Å²) in [7, 11) is 1.52. The Kier molecular flexibility index (Phi) is 2.32. The lowest BCUT2D eigenvalue weighted by Crippen LogP contribution is -2.29. The number of hydrogen-bond donors (Lipinski definition) is 0. The molecule has 15 heavy (non-hydrogen) atoms. The van der Waals surface area contributed by atoms with Crippen LogP contribution in [0.25, 0.3) is 5.57 Å². The van der Waals surface area contributed by atoms with Crippen LogP contribution in [-0.2, 0) is 14.3 Å². The van der Waals surface area contributed by atoms with Gasteiger partial charge in [-0.3, -0.25) is 0 Å². The van der Waals surface area contributed by atoms with Crippen molar-refractivity contribution in [3.8, 4) is 0 Å². The van der Waals surface area contributed by atoms with Crippen LogP contribution in [0.4, 0.5) is 0 Å². The summed E-state index contributed by atoms with van der Waals surface area (Å²) in [5.41, 5.74) is 1.70. The highest BCUT2D eigenvalue weighted by atomic mass is 16.7. The molecule has 0 spiro atoms. The quantitative estimate of drug-likeness (QED) is 0.691. The number of carbonyl (C=O) groups excluding carboxylic acids is 1. The smallest absolute Gasteiger partial charge is 0.334 e. The van der Waals surface area contributed by atoms with Crippen LogP contribution >= 0.6 is 0 Å². The van der Waals surface area contributed by atoms with Gasteiger partial charge in [-0.15, -0.1) is 0 Å². The molecule has 0 N–H and O–H groups in total. The largest absolute Gasteiger partial charge is 0.426 e. The van der Waals surface area contributed by atoms with Crippen LogP contribution in [0.2, 0.25) is 0 Å². The van der Waals surface area contributed by atoms with E-state index in [1.807, 2.05) is 30.3 Å². The predicted octanol–water partition coefficient (Wildman–Crippen LogP) is 1.99. The number of cyclic esters (lactones) is 1. The summed E-state index contributed by atoms with van der Waals surface area (Å²) in [6.07, 6.45) is 1.47. The summed E-state index contributed by atoms with van der Waals surface area (Å²) < 4.78 is 10.3. The van der Waals surface area contributed by atoms with Crippen molar-refractivity contribution in [1.82, 2.24) is 0 Å². The molecule has 0 amide bonds. The van der Waals surface area contributed by atoms with Crippen molar-refractivity contribution in [2.45, 2.75) is 12.7 Å². The van der Waals surface area contributed by atoms with Crippen molar-refractivity contribution in [2.24, 2.45) is 0 Å².